The molecular formula is C21H25ClO2. The summed E-state index contributed by atoms with van der Waals surface area (Å²) in [5.74, 6) is 1.97. The number of carbonyl (C=O) groups is 2. The highest BCUT2D eigenvalue weighted by Crippen LogP contribution is 2.65. The molecule has 0 heterocycles. The molecule has 0 saturated heterocycles. The van der Waals surface area contributed by atoms with E-state index in [9.17, 15) is 9.59 Å². The molecule has 3 heteroatoms. The van der Waals surface area contributed by atoms with Crippen molar-refractivity contribution in [3.63, 3.8) is 0 Å². The number of halogens is 1. The highest BCUT2D eigenvalue weighted by Gasteiger charge is 2.59. The molecule has 24 heavy (non-hydrogen) atoms. The van der Waals surface area contributed by atoms with Crippen molar-refractivity contribution >= 4 is 23.2 Å². The molecule has 2 nitrogen and oxygen atoms in total. The van der Waals surface area contributed by atoms with Gasteiger partial charge in [-0.15, -0.1) is 0 Å². The lowest BCUT2D eigenvalue weighted by Crippen LogP contribution is -2.49. The highest BCUT2D eigenvalue weighted by atomic mass is 35.5. The minimum atomic E-state index is -0.153. The van der Waals surface area contributed by atoms with Gasteiger partial charge in [-0.05, 0) is 73.5 Å². The van der Waals surface area contributed by atoms with Crippen LogP contribution in [0.1, 0.15) is 46.5 Å². The molecule has 0 amide bonds. The van der Waals surface area contributed by atoms with Crippen LogP contribution in [-0.4, -0.2) is 11.6 Å². The molecule has 0 aromatic heterocycles. The van der Waals surface area contributed by atoms with Gasteiger partial charge in [0, 0.05) is 16.4 Å². The Morgan fingerprint density at radius 2 is 1.96 bits per heavy atom. The smallest absolute Gasteiger partial charge is 0.178 e. The third-order valence-corrected chi connectivity index (χ3v) is 7.98. The van der Waals surface area contributed by atoms with Crippen molar-refractivity contribution < 1.29 is 9.59 Å². The van der Waals surface area contributed by atoms with E-state index in [4.69, 9.17) is 11.6 Å². The number of hydrogen-bond donors (Lipinski definition) is 0. The van der Waals surface area contributed by atoms with Crippen LogP contribution in [0.15, 0.2) is 34.9 Å². The summed E-state index contributed by atoms with van der Waals surface area (Å²) in [5, 5.41) is 0.743. The molecule has 0 bridgehead atoms. The maximum Gasteiger partial charge on any atom is 0.178 e. The summed E-state index contributed by atoms with van der Waals surface area (Å²) in [6.07, 6.45) is 12.0. The summed E-state index contributed by atoms with van der Waals surface area (Å²) in [6.45, 7) is 6.31. The summed E-state index contributed by atoms with van der Waals surface area (Å²) >= 11 is 6.64. The van der Waals surface area contributed by atoms with Crippen LogP contribution >= 0.6 is 11.6 Å². The van der Waals surface area contributed by atoms with Crippen molar-refractivity contribution in [2.75, 3.05) is 0 Å². The van der Waals surface area contributed by atoms with Gasteiger partial charge in [0.15, 0.2) is 5.78 Å². The molecule has 4 rings (SSSR count). The van der Waals surface area contributed by atoms with Gasteiger partial charge in [0.05, 0.1) is 0 Å². The molecule has 128 valence electrons. The Kier molecular flexibility index (Phi) is 3.52. The van der Waals surface area contributed by atoms with Crippen molar-refractivity contribution in [2.24, 2.45) is 34.5 Å². The SMILES string of the molecule is CC(=O)[C@H]1CCC2[C@@H]3C=C(Cl)C4=CC(=O)C=C[C@@]4(C)[C@@H]3CCC21C. The van der Waals surface area contributed by atoms with Crippen molar-refractivity contribution in [3.8, 4) is 0 Å². The number of ketones is 2. The first-order chi connectivity index (χ1) is 11.3. The van der Waals surface area contributed by atoms with Gasteiger partial charge in [-0.3, -0.25) is 9.59 Å². The number of Topliss-reactive ketones (excluding diaryl/α,β-unsaturated/α-hetero) is 1. The van der Waals surface area contributed by atoms with Gasteiger partial charge < -0.3 is 0 Å². The van der Waals surface area contributed by atoms with Crippen molar-refractivity contribution in [3.05, 3.63) is 34.9 Å². The monoisotopic (exact) mass is 344 g/mol. The molecule has 0 N–H and O–H groups in total. The van der Waals surface area contributed by atoms with Gasteiger partial charge >= 0.3 is 0 Å². The first kappa shape index (κ1) is 16.3. The lowest BCUT2D eigenvalue weighted by Gasteiger charge is -2.55. The molecular weight excluding hydrogens is 320 g/mol. The fourth-order valence-electron chi connectivity index (χ4n) is 6.39. The van der Waals surface area contributed by atoms with E-state index in [1.54, 1.807) is 19.1 Å². The number of carbonyl (C=O) groups excluding carboxylic acids is 2. The van der Waals surface area contributed by atoms with Crippen LogP contribution < -0.4 is 0 Å². The van der Waals surface area contributed by atoms with E-state index in [0.29, 0.717) is 23.5 Å². The zero-order valence-corrected chi connectivity index (χ0v) is 15.4. The average molecular weight is 345 g/mol. The van der Waals surface area contributed by atoms with Crippen LogP contribution in [0.3, 0.4) is 0 Å². The summed E-state index contributed by atoms with van der Waals surface area (Å²) < 4.78 is 0. The zero-order valence-electron chi connectivity index (χ0n) is 14.6. The van der Waals surface area contributed by atoms with Gasteiger partial charge in [0.2, 0.25) is 0 Å². The normalized spacial score (nSPS) is 46.6. The Bertz CT molecular complexity index is 715. The predicted octanol–water partition coefficient (Wildman–Crippen LogP) is 4.84. The van der Waals surface area contributed by atoms with Crippen molar-refractivity contribution in [1.29, 1.82) is 0 Å². The van der Waals surface area contributed by atoms with E-state index in [1.807, 2.05) is 0 Å². The molecule has 0 radical (unpaired) electrons. The maximum absolute atomic E-state index is 12.2. The van der Waals surface area contributed by atoms with Crippen molar-refractivity contribution in [1.82, 2.24) is 0 Å². The second kappa shape index (κ2) is 5.17. The summed E-state index contributed by atoms with van der Waals surface area (Å²) in [5.41, 5.74) is 0.939. The van der Waals surface area contributed by atoms with Gasteiger partial charge in [0.1, 0.15) is 5.78 Å². The molecule has 4 aliphatic carbocycles. The van der Waals surface area contributed by atoms with E-state index < -0.39 is 0 Å². The first-order valence-corrected chi connectivity index (χ1v) is 9.48. The number of rotatable bonds is 1. The van der Waals surface area contributed by atoms with Gasteiger partial charge in [-0.25, -0.2) is 0 Å². The fourth-order valence-corrected chi connectivity index (χ4v) is 6.80. The molecule has 0 aliphatic heterocycles. The van der Waals surface area contributed by atoms with Crippen molar-refractivity contribution in [2.45, 2.75) is 46.5 Å². The van der Waals surface area contributed by atoms with Crippen LogP contribution in [-0.2, 0) is 9.59 Å². The van der Waals surface area contributed by atoms with E-state index in [0.717, 1.165) is 36.3 Å². The maximum atomic E-state index is 12.2. The van der Waals surface area contributed by atoms with Gasteiger partial charge in [-0.2, -0.15) is 0 Å². The second-order valence-corrected chi connectivity index (χ2v) is 9.07. The summed E-state index contributed by atoms with van der Waals surface area (Å²) in [6, 6.07) is 0. The lowest BCUT2D eigenvalue weighted by molar-refractivity contribution is -0.126. The number of fused-ring (bicyclic) bond motifs is 5. The van der Waals surface area contributed by atoms with E-state index in [-0.39, 0.29) is 22.5 Å². The van der Waals surface area contributed by atoms with Crippen LogP contribution in [0.2, 0.25) is 0 Å². The minimum absolute atomic E-state index is 0.0330. The number of hydrogen-bond acceptors (Lipinski definition) is 2. The molecule has 2 saturated carbocycles. The number of allylic oxidation sites excluding steroid dienone is 6. The van der Waals surface area contributed by atoms with Crippen LogP contribution in [0.4, 0.5) is 0 Å². The average Bonchev–Trinajstić information content (AvgIpc) is 2.87. The van der Waals surface area contributed by atoms with E-state index in [1.165, 1.54) is 0 Å². The molecule has 2 unspecified atom stereocenters. The zero-order chi connectivity index (χ0) is 17.3. The van der Waals surface area contributed by atoms with E-state index >= 15 is 0 Å². The third kappa shape index (κ3) is 2.02. The van der Waals surface area contributed by atoms with E-state index in [2.05, 4.69) is 26.0 Å². The largest absolute Gasteiger partial charge is 0.300 e. The Morgan fingerprint density at radius 1 is 1.21 bits per heavy atom. The highest BCUT2D eigenvalue weighted by molar-refractivity contribution is 6.32. The summed E-state index contributed by atoms with van der Waals surface area (Å²) in [7, 11) is 0. The molecule has 0 aromatic rings. The first-order valence-electron chi connectivity index (χ1n) is 9.11. The lowest BCUT2D eigenvalue weighted by atomic mass is 9.49. The molecule has 0 aromatic carbocycles. The Hall–Kier alpha value is -1.15. The van der Waals surface area contributed by atoms with Crippen LogP contribution in [0.5, 0.6) is 0 Å². The third-order valence-electron chi connectivity index (χ3n) is 7.65. The molecule has 4 aliphatic rings. The standard InChI is InChI=1S/C21H25ClO2/c1-12(23)15-4-5-16-14-11-19(22)18-10-13(24)6-8-21(18,3)17(14)7-9-20(15,16)2/h6,8,10-11,14-17H,4-5,7,9H2,1-3H3/t14-,15+,16?,17+,20?,21-/m0/s1. The molecule has 6 atom stereocenters. The topological polar surface area (TPSA) is 34.1 Å². The summed E-state index contributed by atoms with van der Waals surface area (Å²) in [4.78, 5) is 24.0. The quantitative estimate of drug-likeness (QED) is 0.682. The molecule has 0 spiro atoms. The van der Waals surface area contributed by atoms with Gasteiger partial charge in [0.25, 0.3) is 0 Å². The Morgan fingerprint density at radius 3 is 2.67 bits per heavy atom. The predicted molar refractivity (Wildman–Crippen MR) is 95.5 cm³/mol. The Balaban J connectivity index is 1.79. The van der Waals surface area contributed by atoms with Crippen LogP contribution in [0.25, 0.3) is 0 Å². The van der Waals surface area contributed by atoms with Crippen LogP contribution in [0, 0.1) is 34.5 Å². The second-order valence-electron chi connectivity index (χ2n) is 8.67. The molecule has 2 fully saturated rings. The minimum Gasteiger partial charge on any atom is -0.300 e. The van der Waals surface area contributed by atoms with Gasteiger partial charge in [-0.1, -0.05) is 37.6 Å². The Labute approximate surface area is 149 Å². The fraction of sp³-hybridized carbons (Fsp3) is 0.619.